The molecule has 1 rings (SSSR count). The number of aliphatic hydroxyl groups excluding tert-OH is 1. The lowest BCUT2D eigenvalue weighted by Gasteiger charge is -2.30. The van der Waals surface area contributed by atoms with Gasteiger partial charge in [-0.1, -0.05) is 0 Å². The van der Waals surface area contributed by atoms with E-state index in [1.165, 1.54) is 0 Å². The van der Waals surface area contributed by atoms with Crippen LogP contribution in [0.2, 0.25) is 0 Å². The highest BCUT2D eigenvalue weighted by molar-refractivity contribution is 5.78. The molecule has 5 heteroatoms. The van der Waals surface area contributed by atoms with E-state index in [-0.39, 0.29) is 18.6 Å². The van der Waals surface area contributed by atoms with Gasteiger partial charge in [-0.05, 0) is 6.92 Å². The van der Waals surface area contributed by atoms with Crippen molar-refractivity contribution in [2.24, 2.45) is 0 Å². The molecule has 0 aliphatic carbocycles. The average Bonchev–Trinajstić information content (AvgIpc) is 2.28. The zero-order chi connectivity index (χ0) is 11.3. The van der Waals surface area contributed by atoms with Crippen molar-refractivity contribution < 1.29 is 9.90 Å². The lowest BCUT2D eigenvalue weighted by Crippen LogP contribution is -2.49. The first-order valence-electron chi connectivity index (χ1n) is 5.44. The molecule has 1 atom stereocenters. The summed E-state index contributed by atoms with van der Waals surface area (Å²) in [6.07, 6.45) is 0. The summed E-state index contributed by atoms with van der Waals surface area (Å²) >= 11 is 0. The van der Waals surface area contributed by atoms with E-state index >= 15 is 0 Å². The normalized spacial score (nSPS) is 19.9. The van der Waals surface area contributed by atoms with Gasteiger partial charge in [-0.25, -0.2) is 0 Å². The molecule has 1 amide bonds. The second-order valence-corrected chi connectivity index (χ2v) is 4.06. The van der Waals surface area contributed by atoms with Crippen LogP contribution < -0.4 is 5.32 Å². The summed E-state index contributed by atoms with van der Waals surface area (Å²) in [4.78, 5) is 15.5. The smallest absolute Gasteiger partial charge is 0.236 e. The van der Waals surface area contributed by atoms with E-state index < -0.39 is 0 Å². The Hall–Kier alpha value is -0.650. The molecule has 88 valence electrons. The zero-order valence-electron chi connectivity index (χ0n) is 9.57. The standard InChI is InChI=1S/C10H21N3O2/c1-9(8-14)12(2)10(15)7-13-5-3-11-4-6-13/h9,11,14H,3-8H2,1-2H3. The molecular formula is C10H21N3O2. The van der Waals surface area contributed by atoms with Gasteiger partial charge < -0.3 is 15.3 Å². The highest BCUT2D eigenvalue weighted by atomic mass is 16.3. The number of carbonyl (C=O) groups excluding carboxylic acids is 1. The summed E-state index contributed by atoms with van der Waals surface area (Å²) in [5, 5.41) is 12.2. The van der Waals surface area contributed by atoms with Gasteiger partial charge in [0.05, 0.1) is 19.2 Å². The molecule has 0 spiro atoms. The molecule has 0 bridgehead atoms. The van der Waals surface area contributed by atoms with Gasteiger partial charge in [-0.15, -0.1) is 0 Å². The van der Waals surface area contributed by atoms with Crippen LogP contribution >= 0.6 is 0 Å². The van der Waals surface area contributed by atoms with Crippen molar-refractivity contribution in [3.8, 4) is 0 Å². The van der Waals surface area contributed by atoms with Gasteiger partial charge in [-0.3, -0.25) is 9.69 Å². The predicted octanol–water partition coefficient (Wildman–Crippen LogP) is -1.27. The molecule has 1 fully saturated rings. The van der Waals surface area contributed by atoms with Gasteiger partial charge >= 0.3 is 0 Å². The predicted molar refractivity (Wildman–Crippen MR) is 58.6 cm³/mol. The molecule has 0 aromatic rings. The molecule has 2 N–H and O–H groups in total. The van der Waals surface area contributed by atoms with Crippen molar-refractivity contribution in [2.75, 3.05) is 46.4 Å². The lowest BCUT2D eigenvalue weighted by molar-refractivity contribution is -0.133. The summed E-state index contributed by atoms with van der Waals surface area (Å²) in [6.45, 7) is 6.07. The number of aliphatic hydroxyl groups is 1. The minimum Gasteiger partial charge on any atom is -0.394 e. The van der Waals surface area contributed by atoms with Crippen LogP contribution in [0, 0.1) is 0 Å². The van der Waals surface area contributed by atoms with E-state index in [2.05, 4.69) is 10.2 Å². The van der Waals surface area contributed by atoms with Gasteiger partial charge in [0.1, 0.15) is 0 Å². The molecule has 0 radical (unpaired) electrons. The number of nitrogens with zero attached hydrogens (tertiary/aromatic N) is 2. The number of hydrogen-bond acceptors (Lipinski definition) is 4. The van der Waals surface area contributed by atoms with Gasteiger partial charge in [0.2, 0.25) is 5.91 Å². The van der Waals surface area contributed by atoms with Gasteiger partial charge in [-0.2, -0.15) is 0 Å². The third-order valence-electron chi connectivity index (χ3n) is 2.89. The topological polar surface area (TPSA) is 55.8 Å². The van der Waals surface area contributed by atoms with Crippen molar-refractivity contribution in [3.05, 3.63) is 0 Å². The van der Waals surface area contributed by atoms with Crippen LogP contribution in [0.5, 0.6) is 0 Å². The van der Waals surface area contributed by atoms with Gasteiger partial charge in [0, 0.05) is 33.2 Å². The Bertz CT molecular complexity index is 205. The number of nitrogens with one attached hydrogen (secondary N) is 1. The first-order valence-corrected chi connectivity index (χ1v) is 5.44. The fraction of sp³-hybridized carbons (Fsp3) is 0.900. The fourth-order valence-corrected chi connectivity index (χ4v) is 1.54. The monoisotopic (exact) mass is 215 g/mol. The minimum absolute atomic E-state index is 0.0177. The second kappa shape index (κ2) is 6.05. The van der Waals surface area contributed by atoms with E-state index in [9.17, 15) is 4.79 Å². The highest BCUT2D eigenvalue weighted by Gasteiger charge is 2.19. The molecule has 1 aliphatic heterocycles. The zero-order valence-corrected chi connectivity index (χ0v) is 9.57. The summed E-state index contributed by atoms with van der Waals surface area (Å²) in [6, 6.07) is -0.0968. The largest absolute Gasteiger partial charge is 0.394 e. The Morgan fingerprint density at radius 1 is 1.53 bits per heavy atom. The highest BCUT2D eigenvalue weighted by Crippen LogP contribution is 1.98. The molecule has 0 aromatic carbocycles. The molecule has 0 saturated carbocycles. The maximum Gasteiger partial charge on any atom is 0.236 e. The molecule has 1 heterocycles. The van der Waals surface area contributed by atoms with Crippen LogP contribution in [0.25, 0.3) is 0 Å². The average molecular weight is 215 g/mol. The summed E-state index contributed by atoms with van der Waals surface area (Å²) < 4.78 is 0. The molecule has 1 unspecified atom stereocenters. The maximum atomic E-state index is 11.8. The van der Waals surface area contributed by atoms with Crippen molar-refractivity contribution in [1.29, 1.82) is 0 Å². The second-order valence-electron chi connectivity index (χ2n) is 4.06. The van der Waals surface area contributed by atoms with E-state index in [0.717, 1.165) is 26.2 Å². The van der Waals surface area contributed by atoms with Crippen molar-refractivity contribution in [1.82, 2.24) is 15.1 Å². The number of likely N-dealkylation sites (N-methyl/N-ethyl adjacent to an activating group) is 1. The Morgan fingerprint density at radius 3 is 2.67 bits per heavy atom. The molecule has 15 heavy (non-hydrogen) atoms. The third-order valence-corrected chi connectivity index (χ3v) is 2.89. The van der Waals surface area contributed by atoms with Crippen LogP contribution in [0.3, 0.4) is 0 Å². The van der Waals surface area contributed by atoms with E-state index in [1.807, 2.05) is 6.92 Å². The Morgan fingerprint density at radius 2 is 2.13 bits per heavy atom. The number of carbonyl (C=O) groups is 1. The van der Waals surface area contributed by atoms with Crippen LogP contribution in [0.4, 0.5) is 0 Å². The van der Waals surface area contributed by atoms with Crippen LogP contribution in [0.1, 0.15) is 6.92 Å². The first kappa shape index (κ1) is 12.4. The van der Waals surface area contributed by atoms with Crippen molar-refractivity contribution in [2.45, 2.75) is 13.0 Å². The van der Waals surface area contributed by atoms with Crippen molar-refractivity contribution in [3.63, 3.8) is 0 Å². The number of piperazine rings is 1. The summed E-state index contributed by atoms with van der Waals surface area (Å²) in [5.74, 6) is 0.0819. The van der Waals surface area contributed by atoms with Gasteiger partial charge in [0.25, 0.3) is 0 Å². The summed E-state index contributed by atoms with van der Waals surface area (Å²) in [7, 11) is 1.74. The third kappa shape index (κ3) is 3.77. The Kier molecular flexibility index (Phi) is 5.01. The molecule has 0 aromatic heterocycles. The Balaban J connectivity index is 2.33. The fourth-order valence-electron chi connectivity index (χ4n) is 1.54. The molecular weight excluding hydrogens is 194 g/mol. The quantitative estimate of drug-likeness (QED) is 0.614. The van der Waals surface area contributed by atoms with Crippen LogP contribution in [-0.4, -0.2) is 73.2 Å². The number of rotatable bonds is 4. The lowest BCUT2D eigenvalue weighted by atomic mass is 10.3. The maximum absolute atomic E-state index is 11.8. The van der Waals surface area contributed by atoms with E-state index in [4.69, 9.17) is 5.11 Å². The molecule has 5 nitrogen and oxygen atoms in total. The van der Waals surface area contributed by atoms with E-state index in [0.29, 0.717) is 6.54 Å². The number of hydrogen-bond donors (Lipinski definition) is 2. The minimum atomic E-state index is -0.0968. The van der Waals surface area contributed by atoms with E-state index in [1.54, 1.807) is 11.9 Å². The van der Waals surface area contributed by atoms with Crippen LogP contribution in [-0.2, 0) is 4.79 Å². The van der Waals surface area contributed by atoms with Gasteiger partial charge in [0.15, 0.2) is 0 Å². The summed E-state index contributed by atoms with van der Waals surface area (Å²) in [5.41, 5.74) is 0. The first-order chi connectivity index (χ1) is 7.15. The molecule has 1 saturated heterocycles. The Labute approximate surface area is 91.0 Å². The number of amides is 1. The SMILES string of the molecule is CC(CO)N(C)C(=O)CN1CCNCC1. The molecule has 1 aliphatic rings. The van der Waals surface area contributed by atoms with Crippen molar-refractivity contribution >= 4 is 5.91 Å². The van der Waals surface area contributed by atoms with Crippen LogP contribution in [0.15, 0.2) is 0 Å².